The highest BCUT2D eigenvalue weighted by atomic mass is 35.5. The lowest BCUT2D eigenvalue weighted by Gasteiger charge is -2.23. The number of thiophene rings is 1. The summed E-state index contributed by atoms with van der Waals surface area (Å²) in [4.78, 5) is 13.1. The molecule has 0 spiro atoms. The maximum Gasteiger partial charge on any atom is 0.223 e. The van der Waals surface area contributed by atoms with Crippen LogP contribution in [0.5, 0.6) is 0 Å². The van der Waals surface area contributed by atoms with Crippen LogP contribution in [0.25, 0.3) is 0 Å². The molecule has 1 atom stereocenters. The minimum atomic E-state index is 0. The van der Waals surface area contributed by atoms with E-state index >= 15 is 0 Å². The largest absolute Gasteiger partial charge is 0.349 e. The minimum Gasteiger partial charge on any atom is -0.349 e. The fourth-order valence-electron chi connectivity index (χ4n) is 2.05. The quantitative estimate of drug-likeness (QED) is 0.901. The van der Waals surface area contributed by atoms with Crippen molar-refractivity contribution in [3.8, 4) is 0 Å². The highest BCUT2D eigenvalue weighted by molar-refractivity contribution is 7.16. The van der Waals surface area contributed by atoms with Gasteiger partial charge >= 0.3 is 0 Å². The van der Waals surface area contributed by atoms with Gasteiger partial charge in [-0.25, -0.2) is 0 Å². The Kier molecular flexibility index (Phi) is 6.43. The minimum absolute atomic E-state index is 0. The Morgan fingerprint density at radius 1 is 1.50 bits per heavy atom. The van der Waals surface area contributed by atoms with Crippen molar-refractivity contribution in [2.45, 2.75) is 25.8 Å². The molecule has 3 nitrogen and oxygen atoms in total. The number of piperidine rings is 1. The van der Waals surface area contributed by atoms with E-state index in [1.165, 1.54) is 11.3 Å². The van der Waals surface area contributed by atoms with E-state index in [1.54, 1.807) is 0 Å². The molecule has 1 aromatic rings. The first kappa shape index (κ1) is 15.8. The van der Waals surface area contributed by atoms with Crippen molar-refractivity contribution >= 4 is 41.3 Å². The van der Waals surface area contributed by atoms with E-state index in [-0.39, 0.29) is 30.3 Å². The Hall–Kier alpha value is -0.290. The summed E-state index contributed by atoms with van der Waals surface area (Å²) >= 11 is 7.41. The van der Waals surface area contributed by atoms with Crippen LogP contribution < -0.4 is 10.6 Å². The molecule has 1 aliphatic rings. The molecule has 0 aromatic carbocycles. The summed E-state index contributed by atoms with van der Waals surface area (Å²) in [6, 6.07) is 3.89. The standard InChI is InChI=1S/C12H17ClN2OS.ClH/c1-8(10-2-3-11(13)17-10)15-12(16)9-4-6-14-7-5-9;/h2-3,8-9,14H,4-7H2,1H3,(H,15,16);1H. The first-order valence-electron chi connectivity index (χ1n) is 5.93. The summed E-state index contributed by atoms with van der Waals surface area (Å²) in [5.41, 5.74) is 0. The fraction of sp³-hybridized carbons (Fsp3) is 0.583. The van der Waals surface area contributed by atoms with Crippen molar-refractivity contribution in [2.75, 3.05) is 13.1 Å². The number of nitrogens with one attached hydrogen (secondary N) is 2. The molecule has 1 unspecified atom stereocenters. The maximum absolute atomic E-state index is 12.0. The second-order valence-electron chi connectivity index (χ2n) is 4.40. The van der Waals surface area contributed by atoms with Gasteiger partial charge in [-0.2, -0.15) is 0 Å². The summed E-state index contributed by atoms with van der Waals surface area (Å²) < 4.78 is 0.767. The van der Waals surface area contributed by atoms with E-state index in [0.717, 1.165) is 35.1 Å². The van der Waals surface area contributed by atoms with Crippen LogP contribution in [-0.2, 0) is 4.79 Å². The molecule has 6 heteroatoms. The molecular weight excluding hydrogens is 291 g/mol. The Balaban J connectivity index is 0.00000162. The number of rotatable bonds is 3. The molecule has 0 aliphatic carbocycles. The zero-order chi connectivity index (χ0) is 12.3. The lowest BCUT2D eigenvalue weighted by Crippen LogP contribution is -2.38. The van der Waals surface area contributed by atoms with Crippen molar-refractivity contribution in [1.82, 2.24) is 10.6 Å². The first-order valence-corrected chi connectivity index (χ1v) is 7.12. The highest BCUT2D eigenvalue weighted by Crippen LogP contribution is 2.27. The molecule has 18 heavy (non-hydrogen) atoms. The fourth-order valence-corrected chi connectivity index (χ4v) is 3.11. The van der Waals surface area contributed by atoms with Gasteiger partial charge in [-0.1, -0.05) is 11.6 Å². The Morgan fingerprint density at radius 3 is 2.72 bits per heavy atom. The third-order valence-electron chi connectivity index (χ3n) is 3.09. The number of halogens is 2. The molecule has 1 saturated heterocycles. The molecule has 2 heterocycles. The van der Waals surface area contributed by atoms with Crippen molar-refractivity contribution < 1.29 is 4.79 Å². The summed E-state index contributed by atoms with van der Waals surface area (Å²) in [6.07, 6.45) is 1.87. The van der Waals surface area contributed by atoms with Crippen LogP contribution in [0.2, 0.25) is 4.34 Å². The lowest BCUT2D eigenvalue weighted by molar-refractivity contribution is -0.126. The smallest absolute Gasteiger partial charge is 0.223 e. The second kappa shape index (κ2) is 7.34. The van der Waals surface area contributed by atoms with Gasteiger partial charge in [-0.05, 0) is 45.0 Å². The van der Waals surface area contributed by atoms with E-state index in [4.69, 9.17) is 11.6 Å². The summed E-state index contributed by atoms with van der Waals surface area (Å²) in [5, 5.41) is 6.33. The van der Waals surface area contributed by atoms with Crippen molar-refractivity contribution in [3.05, 3.63) is 21.3 Å². The van der Waals surface area contributed by atoms with Crippen LogP contribution in [0.15, 0.2) is 12.1 Å². The molecular formula is C12H18Cl2N2OS. The predicted octanol–water partition coefficient (Wildman–Crippen LogP) is 3.00. The molecule has 0 bridgehead atoms. The Morgan fingerprint density at radius 2 is 2.17 bits per heavy atom. The summed E-state index contributed by atoms with van der Waals surface area (Å²) in [5.74, 6) is 0.331. The average Bonchev–Trinajstić information content (AvgIpc) is 2.77. The van der Waals surface area contributed by atoms with Crippen LogP contribution in [0.1, 0.15) is 30.7 Å². The SMILES string of the molecule is CC(NC(=O)C1CCNCC1)c1ccc(Cl)s1.Cl. The van der Waals surface area contributed by atoms with Crippen LogP contribution in [0, 0.1) is 5.92 Å². The number of hydrogen-bond donors (Lipinski definition) is 2. The predicted molar refractivity (Wildman–Crippen MR) is 78.7 cm³/mol. The maximum atomic E-state index is 12.0. The van der Waals surface area contributed by atoms with Gasteiger partial charge in [0.15, 0.2) is 0 Å². The van der Waals surface area contributed by atoms with Gasteiger partial charge in [0.05, 0.1) is 10.4 Å². The topological polar surface area (TPSA) is 41.1 Å². The van der Waals surface area contributed by atoms with Gasteiger partial charge in [-0.3, -0.25) is 4.79 Å². The highest BCUT2D eigenvalue weighted by Gasteiger charge is 2.22. The van der Waals surface area contributed by atoms with Gasteiger partial charge in [-0.15, -0.1) is 23.7 Å². The van der Waals surface area contributed by atoms with Crippen LogP contribution in [0.4, 0.5) is 0 Å². The third kappa shape index (κ3) is 4.12. The normalized spacial score (nSPS) is 17.9. The summed E-state index contributed by atoms with van der Waals surface area (Å²) in [7, 11) is 0. The van der Waals surface area contributed by atoms with Crippen molar-refractivity contribution in [2.24, 2.45) is 5.92 Å². The van der Waals surface area contributed by atoms with Crippen LogP contribution in [0.3, 0.4) is 0 Å². The van der Waals surface area contributed by atoms with E-state index < -0.39 is 0 Å². The monoisotopic (exact) mass is 308 g/mol. The van der Waals surface area contributed by atoms with E-state index in [9.17, 15) is 4.79 Å². The van der Waals surface area contributed by atoms with Gasteiger partial charge in [0.25, 0.3) is 0 Å². The van der Waals surface area contributed by atoms with Crippen LogP contribution in [-0.4, -0.2) is 19.0 Å². The molecule has 2 rings (SSSR count). The van der Waals surface area contributed by atoms with E-state index in [0.29, 0.717) is 0 Å². The number of hydrogen-bond acceptors (Lipinski definition) is 3. The van der Waals surface area contributed by atoms with Gasteiger partial charge < -0.3 is 10.6 Å². The number of carbonyl (C=O) groups is 1. The Bertz CT molecular complexity index is 391. The second-order valence-corrected chi connectivity index (χ2v) is 6.14. The lowest BCUT2D eigenvalue weighted by atomic mass is 9.97. The van der Waals surface area contributed by atoms with E-state index in [2.05, 4.69) is 10.6 Å². The number of amides is 1. The summed E-state index contributed by atoms with van der Waals surface area (Å²) in [6.45, 7) is 3.88. The van der Waals surface area contributed by atoms with Gasteiger partial charge in [0.1, 0.15) is 0 Å². The molecule has 1 fully saturated rings. The molecule has 1 amide bonds. The third-order valence-corrected chi connectivity index (χ3v) is 4.50. The zero-order valence-corrected chi connectivity index (χ0v) is 12.6. The molecule has 1 aromatic heterocycles. The number of carbonyl (C=O) groups excluding carboxylic acids is 1. The van der Waals surface area contributed by atoms with Gasteiger partial charge in [0.2, 0.25) is 5.91 Å². The average molecular weight is 309 g/mol. The molecule has 0 saturated carbocycles. The molecule has 1 aliphatic heterocycles. The van der Waals surface area contributed by atoms with Crippen molar-refractivity contribution in [1.29, 1.82) is 0 Å². The first-order chi connectivity index (χ1) is 8.16. The molecule has 0 radical (unpaired) electrons. The van der Waals surface area contributed by atoms with Crippen LogP contribution >= 0.6 is 35.3 Å². The van der Waals surface area contributed by atoms with E-state index in [1.807, 2.05) is 19.1 Å². The molecule has 102 valence electrons. The van der Waals surface area contributed by atoms with Gasteiger partial charge in [0, 0.05) is 10.8 Å². The van der Waals surface area contributed by atoms with Crippen molar-refractivity contribution in [3.63, 3.8) is 0 Å². The molecule has 2 N–H and O–H groups in total. The zero-order valence-electron chi connectivity index (χ0n) is 10.2. The Labute approximate surface area is 123 Å².